The summed E-state index contributed by atoms with van der Waals surface area (Å²) in [6.45, 7) is 4.21. The molecule has 3 rings (SSSR count). The Balaban J connectivity index is 1.85. The number of anilines is 1. The van der Waals surface area contributed by atoms with Crippen LogP contribution in [0.2, 0.25) is 0 Å². The maximum atomic E-state index is 12.7. The predicted molar refractivity (Wildman–Crippen MR) is 105 cm³/mol. The van der Waals surface area contributed by atoms with E-state index in [0.717, 1.165) is 0 Å². The second kappa shape index (κ2) is 7.05. The van der Waals surface area contributed by atoms with Gasteiger partial charge >= 0.3 is 0 Å². The van der Waals surface area contributed by atoms with Crippen LogP contribution in [-0.2, 0) is 4.79 Å². The average Bonchev–Trinajstić information content (AvgIpc) is 2.89. The molecule has 0 aliphatic carbocycles. The summed E-state index contributed by atoms with van der Waals surface area (Å²) in [7, 11) is 0. The molecular weight excluding hydrogens is 350 g/mol. The number of amides is 1. The average molecular weight is 367 g/mol. The first-order chi connectivity index (χ1) is 12.4. The first-order valence-electron chi connectivity index (χ1n) is 8.08. The van der Waals surface area contributed by atoms with E-state index in [-0.39, 0.29) is 11.6 Å². The van der Waals surface area contributed by atoms with Crippen LogP contribution in [0.3, 0.4) is 0 Å². The van der Waals surface area contributed by atoms with Gasteiger partial charge in [0.2, 0.25) is 0 Å². The van der Waals surface area contributed by atoms with E-state index >= 15 is 0 Å². The van der Waals surface area contributed by atoms with Gasteiger partial charge in [-0.15, -0.1) is 0 Å². The van der Waals surface area contributed by atoms with E-state index in [1.54, 1.807) is 18.2 Å². The SMILES string of the molecule is CC(C)c1ccc(N2C(=O)/C(=C\c3ccc([N+](=O)[O-])cc3)NC2=S)cc1. The van der Waals surface area contributed by atoms with E-state index in [4.69, 9.17) is 12.2 Å². The lowest BCUT2D eigenvalue weighted by atomic mass is 10.0. The number of carbonyl (C=O) groups excluding carboxylic acids is 1. The fraction of sp³-hybridized carbons (Fsp3) is 0.158. The monoisotopic (exact) mass is 367 g/mol. The fourth-order valence-electron chi connectivity index (χ4n) is 2.64. The summed E-state index contributed by atoms with van der Waals surface area (Å²) < 4.78 is 0. The standard InChI is InChI=1S/C19H17N3O3S/c1-12(2)14-5-9-15(10-6-14)21-18(23)17(20-19(21)26)11-13-3-7-16(8-4-13)22(24)25/h3-12H,1-2H3,(H,20,26)/b17-11+. The maximum Gasteiger partial charge on any atom is 0.281 e. The smallest absolute Gasteiger partial charge is 0.281 e. The zero-order valence-electron chi connectivity index (χ0n) is 14.3. The summed E-state index contributed by atoms with van der Waals surface area (Å²) in [4.78, 5) is 24.4. The van der Waals surface area contributed by atoms with Gasteiger partial charge in [-0.2, -0.15) is 0 Å². The Morgan fingerprint density at radius 1 is 1.12 bits per heavy atom. The third-order valence-electron chi connectivity index (χ3n) is 4.11. The molecule has 1 saturated heterocycles. The molecule has 0 saturated carbocycles. The lowest BCUT2D eigenvalue weighted by Crippen LogP contribution is -2.30. The van der Waals surface area contributed by atoms with E-state index in [2.05, 4.69) is 19.2 Å². The van der Waals surface area contributed by atoms with Crippen molar-refractivity contribution in [1.82, 2.24) is 5.32 Å². The van der Waals surface area contributed by atoms with Crippen LogP contribution in [0.1, 0.15) is 30.9 Å². The van der Waals surface area contributed by atoms with Gasteiger partial charge in [-0.1, -0.05) is 26.0 Å². The van der Waals surface area contributed by atoms with E-state index in [0.29, 0.717) is 28.0 Å². The summed E-state index contributed by atoms with van der Waals surface area (Å²) in [6.07, 6.45) is 1.63. The first kappa shape index (κ1) is 17.8. The third kappa shape index (κ3) is 3.48. The van der Waals surface area contributed by atoms with Crippen molar-refractivity contribution in [2.45, 2.75) is 19.8 Å². The normalized spacial score (nSPS) is 15.7. The van der Waals surface area contributed by atoms with Crippen molar-refractivity contribution in [2.24, 2.45) is 0 Å². The van der Waals surface area contributed by atoms with Crippen molar-refractivity contribution >= 4 is 40.7 Å². The molecule has 7 heteroatoms. The minimum absolute atomic E-state index is 0.000229. The Morgan fingerprint density at radius 2 is 1.73 bits per heavy atom. The summed E-state index contributed by atoms with van der Waals surface area (Å²) in [5.41, 5.74) is 2.88. The molecular formula is C19H17N3O3S. The molecule has 1 amide bonds. The van der Waals surface area contributed by atoms with Crippen molar-refractivity contribution in [3.8, 4) is 0 Å². The van der Waals surface area contributed by atoms with Crippen molar-refractivity contribution in [1.29, 1.82) is 0 Å². The second-order valence-corrected chi connectivity index (χ2v) is 6.61. The van der Waals surface area contributed by atoms with Crippen LogP contribution < -0.4 is 10.2 Å². The number of benzene rings is 2. The molecule has 0 aromatic heterocycles. The molecule has 1 aliphatic heterocycles. The molecule has 0 bridgehead atoms. The Hall–Kier alpha value is -3.06. The highest BCUT2D eigenvalue weighted by Gasteiger charge is 2.31. The highest BCUT2D eigenvalue weighted by atomic mass is 32.1. The number of hydrogen-bond donors (Lipinski definition) is 1. The van der Waals surface area contributed by atoms with E-state index < -0.39 is 4.92 Å². The molecule has 26 heavy (non-hydrogen) atoms. The number of nitro groups is 1. The molecule has 2 aromatic rings. The molecule has 1 aliphatic rings. The van der Waals surface area contributed by atoms with Crippen LogP contribution in [0.15, 0.2) is 54.2 Å². The molecule has 132 valence electrons. The van der Waals surface area contributed by atoms with Crippen LogP contribution in [-0.4, -0.2) is 15.9 Å². The highest BCUT2D eigenvalue weighted by Crippen LogP contribution is 2.25. The van der Waals surface area contributed by atoms with Gasteiger partial charge in [-0.05, 0) is 59.6 Å². The number of rotatable bonds is 4. The molecule has 1 N–H and O–H groups in total. The molecule has 0 atom stereocenters. The second-order valence-electron chi connectivity index (χ2n) is 6.22. The van der Waals surface area contributed by atoms with Crippen LogP contribution in [0.5, 0.6) is 0 Å². The fourth-order valence-corrected chi connectivity index (χ4v) is 2.94. The number of non-ortho nitro benzene ring substituents is 1. The Labute approximate surface area is 156 Å². The Bertz CT molecular complexity index is 903. The molecule has 0 radical (unpaired) electrons. The number of hydrogen-bond acceptors (Lipinski definition) is 4. The van der Waals surface area contributed by atoms with Gasteiger partial charge in [0.25, 0.3) is 11.6 Å². The summed E-state index contributed by atoms with van der Waals surface area (Å²) >= 11 is 5.30. The lowest BCUT2D eigenvalue weighted by molar-refractivity contribution is -0.384. The number of nitro benzene ring substituents is 1. The summed E-state index contributed by atoms with van der Waals surface area (Å²) in [5, 5.41) is 13.9. The Morgan fingerprint density at radius 3 is 2.27 bits per heavy atom. The summed E-state index contributed by atoms with van der Waals surface area (Å²) in [6, 6.07) is 13.7. The van der Waals surface area contributed by atoms with Crippen molar-refractivity contribution in [3.63, 3.8) is 0 Å². The number of nitrogens with one attached hydrogen (secondary N) is 1. The van der Waals surface area contributed by atoms with Crippen LogP contribution in [0.25, 0.3) is 6.08 Å². The van der Waals surface area contributed by atoms with E-state index in [9.17, 15) is 14.9 Å². The zero-order chi connectivity index (χ0) is 18.8. The Kier molecular flexibility index (Phi) is 4.81. The number of nitrogens with zero attached hydrogens (tertiary/aromatic N) is 2. The molecule has 1 heterocycles. The van der Waals surface area contributed by atoms with Crippen molar-refractivity contribution in [2.75, 3.05) is 4.90 Å². The van der Waals surface area contributed by atoms with Gasteiger partial charge < -0.3 is 5.32 Å². The predicted octanol–water partition coefficient (Wildman–Crippen LogP) is 3.98. The van der Waals surface area contributed by atoms with Gasteiger partial charge in [0.15, 0.2) is 5.11 Å². The zero-order valence-corrected chi connectivity index (χ0v) is 15.1. The highest BCUT2D eigenvalue weighted by molar-refractivity contribution is 7.80. The lowest BCUT2D eigenvalue weighted by Gasteiger charge is -2.15. The van der Waals surface area contributed by atoms with Crippen molar-refractivity contribution in [3.05, 3.63) is 75.5 Å². The minimum Gasteiger partial charge on any atom is -0.327 e. The van der Waals surface area contributed by atoms with Crippen LogP contribution in [0.4, 0.5) is 11.4 Å². The number of carbonyl (C=O) groups is 1. The first-order valence-corrected chi connectivity index (χ1v) is 8.49. The third-order valence-corrected chi connectivity index (χ3v) is 4.40. The van der Waals surface area contributed by atoms with Gasteiger partial charge in [0, 0.05) is 12.1 Å². The van der Waals surface area contributed by atoms with Crippen LogP contribution in [0, 0.1) is 10.1 Å². The molecule has 0 unspecified atom stereocenters. The van der Waals surface area contributed by atoms with E-state index in [1.165, 1.54) is 22.6 Å². The molecule has 6 nitrogen and oxygen atoms in total. The van der Waals surface area contributed by atoms with Gasteiger partial charge in [-0.3, -0.25) is 19.8 Å². The van der Waals surface area contributed by atoms with Crippen LogP contribution >= 0.6 is 12.2 Å². The quantitative estimate of drug-likeness (QED) is 0.383. The topological polar surface area (TPSA) is 75.5 Å². The maximum absolute atomic E-state index is 12.7. The van der Waals surface area contributed by atoms with E-state index in [1.807, 2.05) is 24.3 Å². The van der Waals surface area contributed by atoms with Gasteiger partial charge in [0.1, 0.15) is 5.70 Å². The van der Waals surface area contributed by atoms with Gasteiger partial charge in [0.05, 0.1) is 10.6 Å². The minimum atomic E-state index is -0.465. The molecule has 1 fully saturated rings. The largest absolute Gasteiger partial charge is 0.327 e. The van der Waals surface area contributed by atoms with Gasteiger partial charge in [-0.25, -0.2) is 0 Å². The van der Waals surface area contributed by atoms with Crippen molar-refractivity contribution < 1.29 is 9.72 Å². The number of thiocarbonyl (C=S) groups is 1. The summed E-state index contributed by atoms with van der Waals surface area (Å²) in [5.74, 6) is 0.145. The molecule has 2 aromatic carbocycles. The molecule has 0 spiro atoms.